The smallest absolute Gasteiger partial charge is 0.137 e. The van der Waals surface area contributed by atoms with E-state index >= 15 is 0 Å². The van der Waals surface area contributed by atoms with E-state index in [2.05, 4.69) is 31.1 Å². The summed E-state index contributed by atoms with van der Waals surface area (Å²) >= 11 is 5.97. The second kappa shape index (κ2) is 7.09. The fraction of sp³-hybridized carbons (Fsp3) is 0.562. The zero-order valence-corrected chi connectivity index (χ0v) is 13.3. The quantitative estimate of drug-likeness (QED) is 0.825. The molecule has 0 fully saturated rings. The highest BCUT2D eigenvalue weighted by Gasteiger charge is 2.05. The van der Waals surface area contributed by atoms with Crippen molar-refractivity contribution < 1.29 is 0 Å². The third-order valence-corrected chi connectivity index (χ3v) is 3.74. The number of pyridine rings is 1. The lowest BCUT2D eigenvalue weighted by Crippen LogP contribution is -2.25. The Bertz CT molecular complexity index is 548. The first-order valence-electron chi connectivity index (χ1n) is 7.41. The van der Waals surface area contributed by atoms with E-state index in [9.17, 15) is 0 Å². The molecule has 2 rings (SSSR count). The van der Waals surface area contributed by atoms with Gasteiger partial charge in [-0.1, -0.05) is 38.3 Å². The normalized spacial score (nSPS) is 13.2. The van der Waals surface area contributed by atoms with Gasteiger partial charge in [-0.2, -0.15) is 0 Å². The Morgan fingerprint density at radius 1 is 1.20 bits per heavy atom. The summed E-state index contributed by atoms with van der Waals surface area (Å²) in [7, 11) is 0. The molecule has 0 saturated heterocycles. The predicted octanol–water partition coefficient (Wildman–Crippen LogP) is 4.29. The Kier molecular flexibility index (Phi) is 5.44. The van der Waals surface area contributed by atoms with Gasteiger partial charge >= 0.3 is 0 Å². The molecule has 1 N–H and O–H groups in total. The number of nitrogens with one attached hydrogen (secondary N) is 1. The fourth-order valence-corrected chi connectivity index (χ4v) is 2.48. The van der Waals surface area contributed by atoms with E-state index in [4.69, 9.17) is 11.6 Å². The summed E-state index contributed by atoms with van der Waals surface area (Å²) in [5.41, 5.74) is 2.00. The van der Waals surface area contributed by atoms with Gasteiger partial charge in [0.2, 0.25) is 0 Å². The van der Waals surface area contributed by atoms with E-state index in [1.807, 2.05) is 28.9 Å². The van der Waals surface area contributed by atoms with Crippen LogP contribution >= 0.6 is 11.6 Å². The van der Waals surface area contributed by atoms with Gasteiger partial charge in [0.1, 0.15) is 5.65 Å². The molecule has 0 saturated carbocycles. The molecule has 0 aromatic carbocycles. The first kappa shape index (κ1) is 15.3. The Labute approximate surface area is 126 Å². The zero-order chi connectivity index (χ0) is 14.5. The lowest BCUT2D eigenvalue weighted by molar-refractivity contribution is 0.455. The average molecular weight is 294 g/mol. The summed E-state index contributed by atoms with van der Waals surface area (Å²) < 4.78 is 1.97. The molecule has 1 atom stereocenters. The summed E-state index contributed by atoms with van der Waals surface area (Å²) in [6.07, 6.45) is 7.73. The van der Waals surface area contributed by atoms with E-state index in [1.54, 1.807) is 0 Å². The predicted molar refractivity (Wildman–Crippen MR) is 85.2 cm³/mol. The molecule has 20 heavy (non-hydrogen) atoms. The highest BCUT2D eigenvalue weighted by Crippen LogP contribution is 2.12. The first-order chi connectivity index (χ1) is 9.54. The van der Waals surface area contributed by atoms with E-state index in [0.717, 1.165) is 28.8 Å². The van der Waals surface area contributed by atoms with Crippen LogP contribution in [-0.4, -0.2) is 15.4 Å². The van der Waals surface area contributed by atoms with Crippen molar-refractivity contribution in [1.82, 2.24) is 14.7 Å². The summed E-state index contributed by atoms with van der Waals surface area (Å²) in [5.74, 6) is 0.797. The Balaban J connectivity index is 1.83. The van der Waals surface area contributed by atoms with Gasteiger partial charge in [-0.25, -0.2) is 4.98 Å². The van der Waals surface area contributed by atoms with E-state index in [-0.39, 0.29) is 0 Å². The maximum absolute atomic E-state index is 5.97. The van der Waals surface area contributed by atoms with Crippen LogP contribution in [0.15, 0.2) is 24.5 Å². The number of rotatable bonds is 7. The number of halogens is 1. The standard InChI is InChI=1S/C16H24ClN3/c1-12(2)5-4-6-13(3)18-9-15-11-20-10-14(17)7-8-16(20)19-15/h7-8,10-13,18H,4-6,9H2,1-3H3. The van der Waals surface area contributed by atoms with Crippen LogP contribution < -0.4 is 5.32 Å². The van der Waals surface area contributed by atoms with Gasteiger partial charge in [0.05, 0.1) is 10.7 Å². The number of fused-ring (bicyclic) bond motifs is 1. The van der Waals surface area contributed by atoms with E-state index in [1.165, 1.54) is 19.3 Å². The highest BCUT2D eigenvalue weighted by atomic mass is 35.5. The van der Waals surface area contributed by atoms with Crippen molar-refractivity contribution in [3.05, 3.63) is 35.2 Å². The van der Waals surface area contributed by atoms with Crippen LogP contribution in [0, 0.1) is 5.92 Å². The van der Waals surface area contributed by atoms with Crippen molar-refractivity contribution >= 4 is 17.2 Å². The molecule has 0 aliphatic heterocycles. The minimum absolute atomic E-state index is 0.530. The van der Waals surface area contributed by atoms with Gasteiger partial charge in [-0.3, -0.25) is 0 Å². The Hall–Kier alpha value is -1.06. The molecule has 0 aliphatic rings. The van der Waals surface area contributed by atoms with Crippen LogP contribution in [-0.2, 0) is 6.54 Å². The molecule has 1 unspecified atom stereocenters. The molecule has 2 aromatic heterocycles. The number of nitrogens with zero attached hydrogens (tertiary/aromatic N) is 2. The topological polar surface area (TPSA) is 29.3 Å². The molecule has 0 aliphatic carbocycles. The van der Waals surface area contributed by atoms with Crippen molar-refractivity contribution in [3.63, 3.8) is 0 Å². The number of imidazole rings is 1. The monoisotopic (exact) mass is 293 g/mol. The van der Waals surface area contributed by atoms with Gasteiger partial charge in [0, 0.05) is 25.0 Å². The molecule has 2 aromatic rings. The van der Waals surface area contributed by atoms with Crippen LogP contribution in [0.25, 0.3) is 5.65 Å². The maximum Gasteiger partial charge on any atom is 0.137 e. The molecule has 110 valence electrons. The number of aromatic nitrogens is 2. The number of hydrogen-bond donors (Lipinski definition) is 1. The molecule has 3 nitrogen and oxygen atoms in total. The third-order valence-electron chi connectivity index (χ3n) is 3.52. The van der Waals surface area contributed by atoms with Gasteiger partial charge in [0.25, 0.3) is 0 Å². The van der Waals surface area contributed by atoms with Gasteiger partial charge < -0.3 is 9.72 Å². The second-order valence-corrected chi connectivity index (χ2v) is 6.39. The van der Waals surface area contributed by atoms with Crippen LogP contribution in [0.5, 0.6) is 0 Å². The maximum atomic E-state index is 5.97. The molecule has 0 bridgehead atoms. The Morgan fingerprint density at radius 3 is 2.75 bits per heavy atom. The SMILES string of the molecule is CC(C)CCCC(C)NCc1cn2cc(Cl)ccc2n1. The van der Waals surface area contributed by atoms with Crippen molar-refractivity contribution in [2.45, 2.75) is 52.6 Å². The summed E-state index contributed by atoms with van der Waals surface area (Å²) in [6.45, 7) is 7.61. The van der Waals surface area contributed by atoms with E-state index < -0.39 is 0 Å². The molecule has 0 radical (unpaired) electrons. The zero-order valence-electron chi connectivity index (χ0n) is 12.6. The lowest BCUT2D eigenvalue weighted by Gasteiger charge is -2.13. The lowest BCUT2D eigenvalue weighted by atomic mass is 10.0. The first-order valence-corrected chi connectivity index (χ1v) is 7.79. The minimum Gasteiger partial charge on any atom is -0.309 e. The van der Waals surface area contributed by atoms with Gasteiger partial charge in [-0.15, -0.1) is 0 Å². The molecular weight excluding hydrogens is 270 g/mol. The van der Waals surface area contributed by atoms with Crippen molar-refractivity contribution in [3.8, 4) is 0 Å². The van der Waals surface area contributed by atoms with Crippen molar-refractivity contribution in [2.24, 2.45) is 5.92 Å². The van der Waals surface area contributed by atoms with Gasteiger partial charge in [0.15, 0.2) is 0 Å². The van der Waals surface area contributed by atoms with Crippen LogP contribution in [0.4, 0.5) is 0 Å². The summed E-state index contributed by atoms with van der Waals surface area (Å²) in [6, 6.07) is 4.34. The van der Waals surface area contributed by atoms with Crippen LogP contribution in [0.1, 0.15) is 45.7 Å². The highest BCUT2D eigenvalue weighted by molar-refractivity contribution is 6.30. The van der Waals surface area contributed by atoms with Gasteiger partial charge in [-0.05, 0) is 31.4 Å². The average Bonchev–Trinajstić information content (AvgIpc) is 2.77. The fourth-order valence-electron chi connectivity index (χ4n) is 2.32. The molecule has 0 amide bonds. The second-order valence-electron chi connectivity index (χ2n) is 5.95. The van der Waals surface area contributed by atoms with Crippen LogP contribution in [0.3, 0.4) is 0 Å². The van der Waals surface area contributed by atoms with Crippen molar-refractivity contribution in [2.75, 3.05) is 0 Å². The summed E-state index contributed by atoms with van der Waals surface area (Å²) in [5, 5.41) is 4.27. The molecular formula is C16H24ClN3. The Morgan fingerprint density at radius 2 is 2.00 bits per heavy atom. The van der Waals surface area contributed by atoms with Crippen LogP contribution in [0.2, 0.25) is 5.02 Å². The minimum atomic E-state index is 0.530. The molecule has 4 heteroatoms. The number of hydrogen-bond acceptors (Lipinski definition) is 2. The largest absolute Gasteiger partial charge is 0.309 e. The van der Waals surface area contributed by atoms with E-state index in [0.29, 0.717) is 6.04 Å². The molecule has 0 spiro atoms. The molecule has 2 heterocycles. The summed E-state index contributed by atoms with van der Waals surface area (Å²) in [4.78, 5) is 4.58. The third kappa shape index (κ3) is 4.50. The van der Waals surface area contributed by atoms with Crippen molar-refractivity contribution in [1.29, 1.82) is 0 Å².